The third-order valence-electron chi connectivity index (χ3n) is 6.32. The number of benzene rings is 1. The molecule has 2 heterocycles. The highest BCUT2D eigenvalue weighted by Crippen LogP contribution is 2.33. The van der Waals surface area contributed by atoms with Crippen LogP contribution >= 0.6 is 11.3 Å². The average molecular weight is 501 g/mol. The molecule has 0 spiro atoms. The first-order chi connectivity index (χ1) is 16.9. The van der Waals surface area contributed by atoms with E-state index in [1.54, 1.807) is 12.1 Å². The van der Waals surface area contributed by atoms with Crippen molar-refractivity contribution in [3.8, 4) is 11.6 Å². The number of ether oxygens (including phenoxy) is 1. The first kappa shape index (κ1) is 24.5. The van der Waals surface area contributed by atoms with E-state index in [-0.39, 0.29) is 40.5 Å². The summed E-state index contributed by atoms with van der Waals surface area (Å²) in [4.78, 5) is 44.8. The van der Waals surface area contributed by atoms with E-state index >= 15 is 0 Å². The second-order valence-electron chi connectivity index (χ2n) is 8.72. The number of phenolic OH excluding ortho intramolecular Hbond substituents is 1. The predicted octanol–water partition coefficient (Wildman–Crippen LogP) is 3.57. The molecule has 4 N–H and O–H groups in total. The molecule has 1 fully saturated rings. The molecule has 1 atom stereocenters. The molecule has 0 aliphatic heterocycles. The minimum atomic E-state index is -0.958. The van der Waals surface area contributed by atoms with Crippen molar-refractivity contribution in [2.75, 3.05) is 12.4 Å². The number of methoxy groups -OCH3 is 1. The lowest BCUT2D eigenvalue weighted by molar-refractivity contribution is -0.120. The molecule has 11 heteroatoms. The normalized spacial score (nSPS) is 15.0. The van der Waals surface area contributed by atoms with Crippen LogP contribution in [0.4, 0.5) is 5.13 Å². The molecule has 186 valence electrons. The van der Waals surface area contributed by atoms with Gasteiger partial charge in [0.1, 0.15) is 11.8 Å². The molecule has 1 aliphatic carbocycles. The Balaban J connectivity index is 1.61. The molecule has 3 aromatic rings. The number of aromatic amines is 1. The molecule has 1 aromatic carbocycles. The van der Waals surface area contributed by atoms with E-state index in [2.05, 4.69) is 20.0 Å². The summed E-state index contributed by atoms with van der Waals surface area (Å²) in [5, 5.41) is 24.9. The van der Waals surface area contributed by atoms with Gasteiger partial charge in [-0.15, -0.1) is 11.3 Å². The SMILES string of the molecule is COC(=O)c1csc(NC(=O)[C@H](CC2CCCCC2)n2c(O)c(Cc3ccc(O)cc3)[nH]c2=O)n1. The highest BCUT2D eigenvalue weighted by atomic mass is 32.1. The van der Waals surface area contributed by atoms with Crippen LogP contribution in [-0.4, -0.2) is 43.7 Å². The van der Waals surface area contributed by atoms with Crippen molar-refractivity contribution in [2.45, 2.75) is 51.0 Å². The Kier molecular flexibility index (Phi) is 7.54. The van der Waals surface area contributed by atoms with Crippen molar-refractivity contribution < 1.29 is 24.5 Å². The van der Waals surface area contributed by atoms with Gasteiger partial charge in [0.25, 0.3) is 0 Å². The van der Waals surface area contributed by atoms with Crippen molar-refractivity contribution in [1.29, 1.82) is 0 Å². The number of amides is 1. The number of aromatic hydroxyl groups is 2. The number of nitrogens with zero attached hydrogens (tertiary/aromatic N) is 2. The smallest absolute Gasteiger partial charge is 0.357 e. The number of hydrogen-bond donors (Lipinski definition) is 4. The van der Waals surface area contributed by atoms with E-state index in [0.29, 0.717) is 6.42 Å². The van der Waals surface area contributed by atoms with E-state index < -0.39 is 23.6 Å². The minimum Gasteiger partial charge on any atom is -0.508 e. The van der Waals surface area contributed by atoms with Gasteiger partial charge in [0.2, 0.25) is 11.8 Å². The molecule has 0 bridgehead atoms. The van der Waals surface area contributed by atoms with Gasteiger partial charge >= 0.3 is 11.7 Å². The zero-order valence-electron chi connectivity index (χ0n) is 19.3. The highest BCUT2D eigenvalue weighted by Gasteiger charge is 2.31. The average Bonchev–Trinajstić information content (AvgIpc) is 3.43. The number of esters is 1. The number of thiazole rings is 1. The molecular formula is C24H28N4O6S. The largest absolute Gasteiger partial charge is 0.508 e. The van der Waals surface area contributed by atoms with Crippen LogP contribution in [0.2, 0.25) is 0 Å². The Morgan fingerprint density at radius 1 is 1.23 bits per heavy atom. The summed E-state index contributed by atoms with van der Waals surface area (Å²) >= 11 is 1.07. The monoisotopic (exact) mass is 500 g/mol. The van der Waals surface area contributed by atoms with Crippen molar-refractivity contribution >= 4 is 28.3 Å². The van der Waals surface area contributed by atoms with E-state index in [4.69, 9.17) is 0 Å². The first-order valence-electron chi connectivity index (χ1n) is 11.5. The molecule has 0 unspecified atom stereocenters. The Morgan fingerprint density at radius 2 is 1.94 bits per heavy atom. The van der Waals surface area contributed by atoms with Crippen LogP contribution in [0, 0.1) is 5.92 Å². The van der Waals surface area contributed by atoms with Gasteiger partial charge in [-0.3, -0.25) is 9.36 Å². The standard InChI is InChI=1S/C24H28N4O6S/c1-34-22(32)18-13-35-23(25-18)27-20(30)19(12-14-5-3-2-4-6-14)28-21(31)17(26-24(28)33)11-15-7-9-16(29)10-8-15/h7-10,13-14,19,29,31H,2-6,11-12H2,1H3,(H,26,33)(H,25,27,30)/t19-/m0/s1. The van der Waals surface area contributed by atoms with E-state index in [1.165, 1.54) is 24.6 Å². The first-order valence-corrected chi connectivity index (χ1v) is 12.4. The van der Waals surface area contributed by atoms with E-state index in [0.717, 1.165) is 53.6 Å². The van der Waals surface area contributed by atoms with Gasteiger partial charge < -0.3 is 25.3 Å². The number of H-pyrrole nitrogens is 1. The van der Waals surface area contributed by atoms with E-state index in [9.17, 15) is 24.6 Å². The fourth-order valence-corrected chi connectivity index (χ4v) is 5.19. The lowest BCUT2D eigenvalue weighted by Crippen LogP contribution is -2.33. The number of rotatable bonds is 8. The third-order valence-corrected chi connectivity index (χ3v) is 7.07. The summed E-state index contributed by atoms with van der Waals surface area (Å²) in [6.45, 7) is 0. The number of carbonyl (C=O) groups is 2. The summed E-state index contributed by atoms with van der Waals surface area (Å²) in [5.74, 6) is -1.05. The molecule has 0 radical (unpaired) electrons. The molecule has 35 heavy (non-hydrogen) atoms. The Labute approximate surface area is 205 Å². The van der Waals surface area contributed by atoms with Crippen LogP contribution in [0.5, 0.6) is 11.6 Å². The van der Waals surface area contributed by atoms with Crippen LogP contribution in [0.15, 0.2) is 34.4 Å². The molecule has 4 rings (SSSR count). The fraction of sp³-hybridized carbons (Fsp3) is 0.417. The van der Waals surface area contributed by atoms with Gasteiger partial charge in [0, 0.05) is 11.8 Å². The van der Waals surface area contributed by atoms with Gasteiger partial charge in [-0.2, -0.15) is 0 Å². The maximum Gasteiger partial charge on any atom is 0.357 e. The number of carbonyl (C=O) groups excluding carboxylic acids is 2. The molecule has 10 nitrogen and oxygen atoms in total. The van der Waals surface area contributed by atoms with Gasteiger partial charge in [-0.25, -0.2) is 14.6 Å². The lowest BCUT2D eigenvalue weighted by Gasteiger charge is -2.26. The summed E-state index contributed by atoms with van der Waals surface area (Å²) < 4.78 is 5.76. The quantitative estimate of drug-likeness (QED) is 0.346. The molecule has 1 amide bonds. The Morgan fingerprint density at radius 3 is 2.63 bits per heavy atom. The Bertz CT molecular complexity index is 1240. The Hall–Kier alpha value is -3.60. The number of aromatic nitrogens is 3. The zero-order valence-corrected chi connectivity index (χ0v) is 20.1. The van der Waals surface area contributed by atoms with Crippen LogP contribution in [0.3, 0.4) is 0 Å². The second kappa shape index (κ2) is 10.8. The predicted molar refractivity (Wildman–Crippen MR) is 130 cm³/mol. The summed E-state index contributed by atoms with van der Waals surface area (Å²) in [7, 11) is 1.25. The van der Waals surface area contributed by atoms with Gasteiger partial charge in [-0.1, -0.05) is 44.2 Å². The van der Waals surface area contributed by atoms with Crippen LogP contribution < -0.4 is 11.0 Å². The number of imidazole rings is 1. The van der Waals surface area contributed by atoms with Crippen LogP contribution in [0.1, 0.15) is 66.3 Å². The summed E-state index contributed by atoms with van der Waals surface area (Å²) in [6, 6.07) is 5.48. The maximum atomic E-state index is 13.4. The van der Waals surface area contributed by atoms with E-state index in [1.807, 2.05) is 0 Å². The van der Waals surface area contributed by atoms with Crippen molar-refractivity contribution in [3.63, 3.8) is 0 Å². The lowest BCUT2D eigenvalue weighted by atomic mass is 9.84. The topological polar surface area (TPSA) is 147 Å². The molecular weight excluding hydrogens is 472 g/mol. The van der Waals surface area contributed by atoms with Crippen LogP contribution in [-0.2, 0) is 16.0 Å². The number of hydrogen-bond acceptors (Lipinski definition) is 8. The molecule has 2 aromatic heterocycles. The number of nitrogens with one attached hydrogen (secondary N) is 2. The van der Waals surface area contributed by atoms with Gasteiger partial charge in [0.05, 0.1) is 12.8 Å². The molecule has 0 saturated heterocycles. The van der Waals surface area contributed by atoms with Gasteiger partial charge in [-0.05, 0) is 30.0 Å². The van der Waals surface area contributed by atoms with Crippen LogP contribution in [0.25, 0.3) is 0 Å². The molecule has 1 saturated carbocycles. The highest BCUT2D eigenvalue weighted by molar-refractivity contribution is 7.14. The van der Waals surface area contributed by atoms with Gasteiger partial charge in [0.15, 0.2) is 10.8 Å². The number of anilines is 1. The molecule has 1 aliphatic rings. The summed E-state index contributed by atoms with van der Waals surface area (Å²) in [5.41, 5.74) is 0.554. The van der Waals surface area contributed by atoms with Crippen molar-refractivity contribution in [1.82, 2.24) is 14.5 Å². The zero-order chi connectivity index (χ0) is 24.9. The minimum absolute atomic E-state index is 0.0782. The van der Waals surface area contributed by atoms with Crippen molar-refractivity contribution in [2.24, 2.45) is 5.92 Å². The maximum absolute atomic E-state index is 13.4. The second-order valence-corrected chi connectivity index (χ2v) is 9.58. The summed E-state index contributed by atoms with van der Waals surface area (Å²) in [6.07, 6.45) is 5.80. The van der Waals surface area contributed by atoms with Crippen molar-refractivity contribution in [3.05, 3.63) is 57.1 Å². The third kappa shape index (κ3) is 5.73. The number of phenols is 1. The fourth-order valence-electron chi connectivity index (χ4n) is 4.50.